The van der Waals surface area contributed by atoms with Gasteiger partial charge in [-0.2, -0.15) is 11.8 Å². The Morgan fingerprint density at radius 3 is 2.91 bits per heavy atom. The number of ether oxygens (including phenoxy) is 1. The maximum Gasteiger partial charge on any atom is 0.191 e. The van der Waals surface area contributed by atoms with Gasteiger partial charge in [0.25, 0.3) is 0 Å². The van der Waals surface area contributed by atoms with Crippen molar-refractivity contribution in [2.75, 3.05) is 20.4 Å². The molecule has 2 unspecified atom stereocenters. The maximum absolute atomic E-state index is 13.6. The summed E-state index contributed by atoms with van der Waals surface area (Å²) >= 11 is 1.94. The molecule has 23 heavy (non-hydrogen) atoms. The van der Waals surface area contributed by atoms with Gasteiger partial charge in [-0.25, -0.2) is 4.39 Å². The zero-order valence-electron chi connectivity index (χ0n) is 14.1. The Hall–Kier alpha value is -1.27. The van der Waals surface area contributed by atoms with Gasteiger partial charge in [-0.1, -0.05) is 6.07 Å². The van der Waals surface area contributed by atoms with E-state index in [0.29, 0.717) is 18.2 Å². The smallest absolute Gasteiger partial charge is 0.191 e. The Kier molecular flexibility index (Phi) is 7.17. The second-order valence-electron chi connectivity index (χ2n) is 5.80. The van der Waals surface area contributed by atoms with Crippen molar-refractivity contribution in [2.24, 2.45) is 4.99 Å². The van der Waals surface area contributed by atoms with Gasteiger partial charge >= 0.3 is 0 Å². The van der Waals surface area contributed by atoms with Gasteiger partial charge in [0.05, 0.1) is 6.61 Å². The Labute approximate surface area is 142 Å². The lowest BCUT2D eigenvalue weighted by Crippen LogP contribution is -2.42. The van der Waals surface area contributed by atoms with Gasteiger partial charge in [0.2, 0.25) is 0 Å². The minimum atomic E-state index is -0.229. The molecule has 1 aliphatic rings. The van der Waals surface area contributed by atoms with E-state index in [2.05, 4.69) is 21.9 Å². The number of hydrogen-bond acceptors (Lipinski definition) is 3. The fraction of sp³-hybridized carbons (Fsp3) is 0.588. The molecule has 2 rings (SSSR count). The van der Waals surface area contributed by atoms with Crippen molar-refractivity contribution in [3.63, 3.8) is 0 Å². The molecule has 2 N–H and O–H groups in total. The second kappa shape index (κ2) is 9.13. The number of methoxy groups -OCH3 is 1. The van der Waals surface area contributed by atoms with Gasteiger partial charge < -0.3 is 15.4 Å². The summed E-state index contributed by atoms with van der Waals surface area (Å²) in [4.78, 5) is 4.28. The molecular formula is C17H26FN3OS. The van der Waals surface area contributed by atoms with Gasteiger partial charge in [0.15, 0.2) is 5.96 Å². The number of rotatable bonds is 6. The molecular weight excluding hydrogens is 313 g/mol. The van der Waals surface area contributed by atoms with Gasteiger partial charge in [-0.05, 0) is 43.2 Å². The molecule has 1 aromatic carbocycles. The first-order valence-electron chi connectivity index (χ1n) is 7.92. The van der Waals surface area contributed by atoms with Crippen LogP contribution in [0.5, 0.6) is 0 Å². The molecule has 1 aliphatic carbocycles. The molecule has 0 aliphatic heterocycles. The predicted octanol–water partition coefficient (Wildman–Crippen LogP) is 2.92. The van der Waals surface area contributed by atoms with E-state index in [4.69, 9.17) is 4.74 Å². The Bertz CT molecular complexity index is 539. The zero-order chi connectivity index (χ0) is 16.7. The van der Waals surface area contributed by atoms with Gasteiger partial charge in [0, 0.05) is 37.6 Å². The van der Waals surface area contributed by atoms with E-state index in [9.17, 15) is 4.39 Å². The number of nitrogens with one attached hydrogen (secondary N) is 2. The highest BCUT2D eigenvalue weighted by Gasteiger charge is 2.24. The summed E-state index contributed by atoms with van der Waals surface area (Å²) in [5.41, 5.74) is 1.59. The molecule has 0 spiro atoms. The molecule has 0 amide bonds. The first kappa shape index (κ1) is 18.1. The molecule has 0 bridgehead atoms. The maximum atomic E-state index is 13.6. The zero-order valence-corrected chi connectivity index (χ0v) is 14.9. The molecule has 1 saturated carbocycles. The SMILES string of the molecule is CN=C(NCc1ccc(F)c(COC)c1)NC1CCC(SC)C1. The van der Waals surface area contributed by atoms with Crippen LogP contribution < -0.4 is 10.6 Å². The molecule has 0 radical (unpaired) electrons. The second-order valence-corrected chi connectivity index (χ2v) is 6.93. The Balaban J connectivity index is 1.87. The van der Waals surface area contributed by atoms with E-state index >= 15 is 0 Å². The van der Waals surface area contributed by atoms with Crippen LogP contribution in [0.4, 0.5) is 4.39 Å². The predicted molar refractivity (Wildman–Crippen MR) is 95.4 cm³/mol. The number of aliphatic imine (C=N–C) groups is 1. The molecule has 1 fully saturated rings. The van der Waals surface area contributed by atoms with Crippen LogP contribution in [0.2, 0.25) is 0 Å². The van der Waals surface area contributed by atoms with Crippen molar-refractivity contribution in [3.05, 3.63) is 35.1 Å². The van der Waals surface area contributed by atoms with Crippen molar-refractivity contribution in [1.82, 2.24) is 10.6 Å². The first-order chi connectivity index (χ1) is 11.2. The summed E-state index contributed by atoms with van der Waals surface area (Å²) in [6, 6.07) is 5.59. The largest absolute Gasteiger partial charge is 0.380 e. The van der Waals surface area contributed by atoms with Crippen LogP contribution in [0, 0.1) is 5.82 Å². The van der Waals surface area contributed by atoms with E-state index in [0.717, 1.165) is 16.8 Å². The van der Waals surface area contributed by atoms with Crippen LogP contribution >= 0.6 is 11.8 Å². The van der Waals surface area contributed by atoms with E-state index in [1.54, 1.807) is 20.2 Å². The Morgan fingerprint density at radius 1 is 1.43 bits per heavy atom. The number of nitrogens with zero attached hydrogens (tertiary/aromatic N) is 1. The van der Waals surface area contributed by atoms with Crippen molar-refractivity contribution >= 4 is 17.7 Å². The van der Waals surface area contributed by atoms with E-state index in [-0.39, 0.29) is 12.4 Å². The summed E-state index contributed by atoms with van der Waals surface area (Å²) in [5.74, 6) is 0.571. The minimum Gasteiger partial charge on any atom is -0.380 e. The molecule has 2 atom stereocenters. The molecule has 0 aromatic heterocycles. The lowest BCUT2D eigenvalue weighted by Gasteiger charge is -2.17. The highest BCUT2D eigenvalue weighted by molar-refractivity contribution is 7.99. The Morgan fingerprint density at radius 2 is 2.26 bits per heavy atom. The van der Waals surface area contributed by atoms with Crippen LogP contribution in [0.25, 0.3) is 0 Å². The number of thioether (sulfide) groups is 1. The van der Waals surface area contributed by atoms with Gasteiger partial charge in [0.1, 0.15) is 5.82 Å². The third-order valence-electron chi connectivity index (χ3n) is 4.15. The monoisotopic (exact) mass is 339 g/mol. The van der Waals surface area contributed by atoms with Crippen LogP contribution in [0.1, 0.15) is 30.4 Å². The summed E-state index contributed by atoms with van der Waals surface area (Å²) in [6.45, 7) is 0.889. The average molecular weight is 339 g/mol. The number of guanidine groups is 1. The molecule has 0 heterocycles. The topological polar surface area (TPSA) is 45.7 Å². The normalized spacial score (nSPS) is 21.5. The van der Waals surface area contributed by atoms with Crippen molar-refractivity contribution < 1.29 is 9.13 Å². The van der Waals surface area contributed by atoms with Crippen molar-refractivity contribution in [1.29, 1.82) is 0 Å². The third kappa shape index (κ3) is 5.39. The van der Waals surface area contributed by atoms with E-state index in [1.165, 1.54) is 25.3 Å². The first-order valence-corrected chi connectivity index (χ1v) is 9.21. The molecule has 6 heteroatoms. The van der Waals surface area contributed by atoms with E-state index in [1.807, 2.05) is 17.8 Å². The highest BCUT2D eigenvalue weighted by Crippen LogP contribution is 2.28. The summed E-state index contributed by atoms with van der Waals surface area (Å²) in [5, 5.41) is 7.53. The fourth-order valence-corrected chi connectivity index (χ4v) is 3.66. The molecule has 128 valence electrons. The van der Waals surface area contributed by atoms with Crippen LogP contribution in [0.15, 0.2) is 23.2 Å². The van der Waals surface area contributed by atoms with Crippen molar-refractivity contribution in [3.8, 4) is 0 Å². The molecule has 0 saturated heterocycles. The quantitative estimate of drug-likeness (QED) is 0.618. The summed E-state index contributed by atoms with van der Waals surface area (Å²) in [7, 11) is 3.34. The minimum absolute atomic E-state index is 0.229. The standard InChI is InChI=1S/C17H26FN3OS/c1-19-17(21-14-5-6-15(9-14)23-3)20-10-12-4-7-16(18)13(8-12)11-22-2/h4,7-8,14-15H,5-6,9-11H2,1-3H3,(H2,19,20,21). The lowest BCUT2D eigenvalue weighted by molar-refractivity contribution is 0.181. The third-order valence-corrected chi connectivity index (χ3v) is 5.25. The van der Waals surface area contributed by atoms with Gasteiger partial charge in [-0.15, -0.1) is 0 Å². The lowest BCUT2D eigenvalue weighted by atomic mass is 10.1. The highest BCUT2D eigenvalue weighted by atomic mass is 32.2. The van der Waals surface area contributed by atoms with Crippen LogP contribution in [-0.4, -0.2) is 37.7 Å². The van der Waals surface area contributed by atoms with Gasteiger partial charge in [-0.3, -0.25) is 4.99 Å². The number of benzene rings is 1. The number of hydrogen-bond donors (Lipinski definition) is 2. The van der Waals surface area contributed by atoms with E-state index < -0.39 is 0 Å². The average Bonchev–Trinajstić information content (AvgIpc) is 3.02. The van der Waals surface area contributed by atoms with Crippen molar-refractivity contribution in [2.45, 2.75) is 43.7 Å². The van der Waals surface area contributed by atoms with Crippen LogP contribution in [-0.2, 0) is 17.9 Å². The number of halogens is 1. The molecule has 4 nitrogen and oxygen atoms in total. The summed E-state index contributed by atoms with van der Waals surface area (Å²) < 4.78 is 18.6. The van der Waals surface area contributed by atoms with Crippen LogP contribution in [0.3, 0.4) is 0 Å². The summed E-state index contributed by atoms with van der Waals surface area (Å²) in [6.07, 6.45) is 5.79. The fourth-order valence-electron chi connectivity index (χ4n) is 2.86. The molecule has 1 aromatic rings.